The third kappa shape index (κ3) is 4.19. The average molecular weight is 378 g/mol. The zero-order valence-electron chi connectivity index (χ0n) is 16.2. The Hall–Kier alpha value is -2.82. The first-order valence-electron chi connectivity index (χ1n) is 9.93. The van der Waals surface area contributed by atoms with Crippen LogP contribution in [0, 0.1) is 12.8 Å². The van der Waals surface area contributed by atoms with Gasteiger partial charge in [-0.15, -0.1) is 0 Å². The van der Waals surface area contributed by atoms with E-state index in [1.54, 1.807) is 4.90 Å². The van der Waals surface area contributed by atoms with Gasteiger partial charge in [0, 0.05) is 32.1 Å². The van der Waals surface area contributed by atoms with Crippen molar-refractivity contribution in [3.63, 3.8) is 0 Å². The smallest absolute Gasteiger partial charge is 0.260 e. The highest BCUT2D eigenvalue weighted by Gasteiger charge is 2.46. The first-order chi connectivity index (χ1) is 13.6. The lowest BCUT2D eigenvalue weighted by Gasteiger charge is -2.35. The molecule has 1 saturated heterocycles. The van der Waals surface area contributed by atoms with Gasteiger partial charge in [0.1, 0.15) is 5.75 Å². The summed E-state index contributed by atoms with van der Waals surface area (Å²) in [6, 6.07) is 17.9. The van der Waals surface area contributed by atoms with E-state index in [-0.39, 0.29) is 24.3 Å². The van der Waals surface area contributed by atoms with E-state index < -0.39 is 0 Å². The first-order valence-corrected chi connectivity index (χ1v) is 9.93. The fourth-order valence-electron chi connectivity index (χ4n) is 3.89. The van der Waals surface area contributed by atoms with Crippen molar-refractivity contribution in [2.24, 2.45) is 5.92 Å². The highest BCUT2D eigenvalue weighted by Crippen LogP contribution is 2.48. The molecule has 1 heterocycles. The molecule has 0 N–H and O–H groups in total. The molecule has 4 rings (SSSR count). The van der Waals surface area contributed by atoms with Crippen molar-refractivity contribution < 1.29 is 14.3 Å². The highest BCUT2D eigenvalue weighted by molar-refractivity contribution is 5.83. The Bertz CT molecular complexity index is 844. The Morgan fingerprint density at radius 1 is 0.964 bits per heavy atom. The normalized spacial score (nSPS) is 21.3. The number of hydrogen-bond donors (Lipinski definition) is 0. The number of benzene rings is 2. The SMILES string of the molecule is Cc1cccc(OCC(=O)N2CCN(C(=O)C3CC3c3ccccc3)CC2)c1. The Kier molecular flexibility index (Phi) is 5.33. The maximum Gasteiger partial charge on any atom is 0.260 e. The minimum Gasteiger partial charge on any atom is -0.484 e. The summed E-state index contributed by atoms with van der Waals surface area (Å²) in [6.07, 6.45) is 0.937. The van der Waals surface area contributed by atoms with Crippen LogP contribution in [0.5, 0.6) is 5.75 Å². The molecule has 28 heavy (non-hydrogen) atoms. The number of ether oxygens (including phenoxy) is 1. The van der Waals surface area contributed by atoms with Crippen molar-refractivity contribution in [1.29, 1.82) is 0 Å². The zero-order valence-corrected chi connectivity index (χ0v) is 16.2. The quantitative estimate of drug-likeness (QED) is 0.804. The summed E-state index contributed by atoms with van der Waals surface area (Å²) < 4.78 is 5.62. The van der Waals surface area contributed by atoms with Crippen LogP contribution in [0.1, 0.15) is 23.5 Å². The summed E-state index contributed by atoms with van der Waals surface area (Å²) in [5.41, 5.74) is 2.36. The molecule has 2 aliphatic rings. The zero-order chi connectivity index (χ0) is 19.5. The molecule has 2 amide bonds. The summed E-state index contributed by atoms with van der Waals surface area (Å²) in [5.74, 6) is 1.38. The lowest BCUT2D eigenvalue weighted by Crippen LogP contribution is -2.52. The van der Waals surface area contributed by atoms with E-state index in [0.717, 1.165) is 12.0 Å². The topological polar surface area (TPSA) is 49.9 Å². The van der Waals surface area contributed by atoms with Gasteiger partial charge in [-0.05, 0) is 42.5 Å². The van der Waals surface area contributed by atoms with E-state index in [2.05, 4.69) is 12.1 Å². The monoisotopic (exact) mass is 378 g/mol. The molecule has 2 fully saturated rings. The number of amides is 2. The van der Waals surface area contributed by atoms with E-state index in [4.69, 9.17) is 4.74 Å². The lowest BCUT2D eigenvalue weighted by atomic mass is 10.1. The van der Waals surface area contributed by atoms with Crippen LogP contribution in [0.4, 0.5) is 0 Å². The lowest BCUT2D eigenvalue weighted by molar-refractivity contribution is -0.141. The summed E-state index contributed by atoms with van der Waals surface area (Å²) in [4.78, 5) is 28.9. The molecule has 2 aromatic rings. The van der Waals surface area contributed by atoms with Gasteiger partial charge in [0.25, 0.3) is 5.91 Å². The van der Waals surface area contributed by atoms with E-state index in [1.165, 1.54) is 5.56 Å². The van der Waals surface area contributed by atoms with Crippen LogP contribution in [-0.2, 0) is 9.59 Å². The van der Waals surface area contributed by atoms with Crippen molar-refractivity contribution in [1.82, 2.24) is 9.80 Å². The summed E-state index contributed by atoms with van der Waals surface area (Å²) in [6.45, 7) is 4.39. The van der Waals surface area contributed by atoms with Crippen molar-refractivity contribution in [2.75, 3.05) is 32.8 Å². The maximum absolute atomic E-state index is 12.8. The Labute approximate surface area is 165 Å². The van der Waals surface area contributed by atoms with Crippen LogP contribution in [0.2, 0.25) is 0 Å². The number of piperazine rings is 1. The van der Waals surface area contributed by atoms with Crippen molar-refractivity contribution in [3.05, 3.63) is 65.7 Å². The minimum atomic E-state index is -0.0258. The highest BCUT2D eigenvalue weighted by atomic mass is 16.5. The second-order valence-corrected chi connectivity index (χ2v) is 7.67. The van der Waals surface area contributed by atoms with Gasteiger partial charge < -0.3 is 14.5 Å². The molecule has 0 aromatic heterocycles. The Morgan fingerprint density at radius 2 is 1.68 bits per heavy atom. The molecule has 5 heteroatoms. The van der Waals surface area contributed by atoms with Gasteiger partial charge >= 0.3 is 0 Å². The summed E-state index contributed by atoms with van der Waals surface area (Å²) >= 11 is 0. The molecule has 0 bridgehead atoms. The van der Waals surface area contributed by atoms with Gasteiger partial charge in [0.15, 0.2) is 6.61 Å². The van der Waals surface area contributed by atoms with Crippen molar-refractivity contribution in [2.45, 2.75) is 19.3 Å². The molecular formula is C23H26N2O3. The predicted molar refractivity (Wildman–Crippen MR) is 107 cm³/mol. The molecule has 0 spiro atoms. The molecule has 2 unspecified atom stereocenters. The molecule has 0 radical (unpaired) electrons. The van der Waals surface area contributed by atoms with Crippen LogP contribution in [-0.4, -0.2) is 54.4 Å². The van der Waals surface area contributed by atoms with E-state index in [0.29, 0.717) is 37.8 Å². The van der Waals surface area contributed by atoms with Gasteiger partial charge in [-0.25, -0.2) is 0 Å². The van der Waals surface area contributed by atoms with Gasteiger partial charge in [-0.1, -0.05) is 42.5 Å². The second kappa shape index (κ2) is 8.05. The van der Waals surface area contributed by atoms with E-state index in [9.17, 15) is 9.59 Å². The van der Waals surface area contributed by atoms with Crippen LogP contribution in [0.15, 0.2) is 54.6 Å². The van der Waals surface area contributed by atoms with Crippen LogP contribution in [0.3, 0.4) is 0 Å². The third-order valence-electron chi connectivity index (χ3n) is 5.63. The summed E-state index contributed by atoms with van der Waals surface area (Å²) in [5, 5.41) is 0. The number of hydrogen-bond acceptors (Lipinski definition) is 3. The molecule has 5 nitrogen and oxygen atoms in total. The van der Waals surface area contributed by atoms with Gasteiger partial charge in [-0.3, -0.25) is 9.59 Å². The number of carbonyl (C=O) groups excluding carboxylic acids is 2. The molecule has 146 valence electrons. The van der Waals surface area contributed by atoms with Gasteiger partial charge in [-0.2, -0.15) is 0 Å². The average Bonchev–Trinajstić information content (AvgIpc) is 3.53. The number of nitrogens with zero attached hydrogens (tertiary/aromatic N) is 2. The Morgan fingerprint density at radius 3 is 2.39 bits per heavy atom. The predicted octanol–water partition coefficient (Wildman–Crippen LogP) is 2.85. The van der Waals surface area contributed by atoms with Crippen LogP contribution in [0.25, 0.3) is 0 Å². The standard InChI is InChI=1S/C23H26N2O3/c1-17-6-5-9-19(14-17)28-16-22(26)24-10-12-25(13-11-24)23(27)21-15-20(21)18-7-3-2-4-8-18/h2-9,14,20-21H,10-13,15-16H2,1H3. The molecule has 1 aliphatic carbocycles. The molecular weight excluding hydrogens is 352 g/mol. The van der Waals surface area contributed by atoms with Gasteiger partial charge in [0.2, 0.25) is 5.91 Å². The summed E-state index contributed by atoms with van der Waals surface area (Å²) in [7, 11) is 0. The third-order valence-corrected chi connectivity index (χ3v) is 5.63. The maximum atomic E-state index is 12.8. The number of aryl methyl sites for hydroxylation is 1. The molecule has 1 saturated carbocycles. The van der Waals surface area contributed by atoms with Crippen LogP contribution < -0.4 is 4.74 Å². The first kappa shape index (κ1) is 18.5. The molecule has 2 atom stereocenters. The molecule has 2 aromatic carbocycles. The largest absolute Gasteiger partial charge is 0.484 e. The van der Waals surface area contributed by atoms with Crippen molar-refractivity contribution >= 4 is 11.8 Å². The van der Waals surface area contributed by atoms with Gasteiger partial charge in [0.05, 0.1) is 0 Å². The minimum absolute atomic E-state index is 0.0258. The Balaban J connectivity index is 1.23. The fraction of sp³-hybridized carbons (Fsp3) is 0.391. The number of carbonyl (C=O) groups is 2. The fourth-order valence-corrected chi connectivity index (χ4v) is 3.89. The van der Waals surface area contributed by atoms with Crippen molar-refractivity contribution in [3.8, 4) is 5.75 Å². The number of rotatable bonds is 5. The van der Waals surface area contributed by atoms with Crippen LogP contribution >= 0.6 is 0 Å². The van der Waals surface area contributed by atoms with E-state index in [1.807, 2.05) is 54.3 Å². The van der Waals surface area contributed by atoms with E-state index >= 15 is 0 Å². The molecule has 1 aliphatic heterocycles. The second-order valence-electron chi connectivity index (χ2n) is 7.67.